The second-order valence-corrected chi connectivity index (χ2v) is 12.1. The van der Waals surface area contributed by atoms with Gasteiger partial charge < -0.3 is 24.4 Å². The van der Waals surface area contributed by atoms with Crippen LogP contribution in [-0.2, 0) is 14.3 Å². The van der Waals surface area contributed by atoms with Gasteiger partial charge in [-0.15, -0.1) is 0 Å². The maximum Gasteiger partial charge on any atom is 0.331 e. The standard InChI is InChI=1S/C31H39F2N3O5/c1-29(2,32)20-35-14-11-21(12-15-35)18-41-24-9-7-22(8-10-24)25-6-5-13-31(33,19-34)26(25)27(38)36-17-23(37)16-30(36,3)28(39)40-4/h5-10,13,21,23,26,37H,11-12,14-18,20H2,1-4H3. The van der Waals surface area contributed by atoms with Gasteiger partial charge in [0.05, 0.1) is 19.8 Å². The first-order valence-electron chi connectivity index (χ1n) is 14.0. The van der Waals surface area contributed by atoms with Crippen molar-refractivity contribution < 1.29 is 33.0 Å². The van der Waals surface area contributed by atoms with Gasteiger partial charge in [0.25, 0.3) is 0 Å². The van der Waals surface area contributed by atoms with Crippen molar-refractivity contribution >= 4 is 17.4 Å². The summed E-state index contributed by atoms with van der Waals surface area (Å²) in [4.78, 5) is 29.7. The molecule has 3 aliphatic rings. The molecule has 2 saturated heterocycles. The molecule has 0 radical (unpaired) electrons. The van der Waals surface area contributed by atoms with E-state index in [0.717, 1.165) is 36.9 Å². The number of esters is 1. The quantitative estimate of drug-likeness (QED) is 0.473. The molecule has 10 heteroatoms. The molecule has 4 rings (SSSR count). The summed E-state index contributed by atoms with van der Waals surface area (Å²) in [5.41, 5.74) is -4.56. The van der Waals surface area contributed by atoms with E-state index in [2.05, 4.69) is 4.90 Å². The molecule has 0 bridgehead atoms. The molecule has 2 heterocycles. The molecule has 2 aliphatic heterocycles. The van der Waals surface area contributed by atoms with E-state index < -0.39 is 40.8 Å². The number of methoxy groups -OCH3 is 1. The summed E-state index contributed by atoms with van der Waals surface area (Å²) < 4.78 is 40.8. The van der Waals surface area contributed by atoms with E-state index in [1.54, 1.807) is 50.3 Å². The van der Waals surface area contributed by atoms with Crippen molar-refractivity contribution in [3.05, 3.63) is 48.1 Å². The first-order valence-corrected chi connectivity index (χ1v) is 14.0. The highest BCUT2D eigenvalue weighted by Crippen LogP contribution is 2.43. The minimum atomic E-state index is -2.66. The van der Waals surface area contributed by atoms with E-state index in [9.17, 15) is 24.3 Å². The number of hydrogen-bond donors (Lipinski definition) is 1. The molecule has 0 spiro atoms. The first kappa shape index (κ1) is 30.7. The number of nitriles is 1. The number of hydrogen-bond acceptors (Lipinski definition) is 7. The van der Waals surface area contributed by atoms with Gasteiger partial charge in [0.15, 0.2) is 0 Å². The summed E-state index contributed by atoms with van der Waals surface area (Å²) in [6.07, 6.45) is 4.81. The van der Waals surface area contributed by atoms with Crippen LogP contribution in [0.3, 0.4) is 0 Å². The molecule has 1 aromatic carbocycles. The average molecular weight is 572 g/mol. The van der Waals surface area contributed by atoms with E-state index >= 15 is 4.39 Å². The zero-order valence-electron chi connectivity index (χ0n) is 24.1. The molecule has 41 heavy (non-hydrogen) atoms. The topological polar surface area (TPSA) is 103 Å². The van der Waals surface area contributed by atoms with Gasteiger partial charge in [-0.05, 0) is 82.0 Å². The predicted octanol–water partition coefficient (Wildman–Crippen LogP) is 3.85. The van der Waals surface area contributed by atoms with Crippen molar-refractivity contribution in [3.8, 4) is 11.8 Å². The van der Waals surface area contributed by atoms with Crippen LogP contribution in [0.4, 0.5) is 8.78 Å². The highest BCUT2D eigenvalue weighted by Gasteiger charge is 2.56. The molecule has 0 aromatic heterocycles. The van der Waals surface area contributed by atoms with Gasteiger partial charge in [0.2, 0.25) is 11.6 Å². The van der Waals surface area contributed by atoms with E-state index in [1.807, 2.05) is 0 Å². The summed E-state index contributed by atoms with van der Waals surface area (Å²) in [5, 5.41) is 20.1. The molecule has 1 aliphatic carbocycles. The number of halogens is 2. The number of amides is 1. The number of aliphatic hydroxyl groups excluding tert-OH is 1. The molecule has 4 unspecified atom stereocenters. The number of β-amino-alcohol motifs (C(OH)–C–C–N with tert-alkyl or cyclic N) is 1. The van der Waals surface area contributed by atoms with Crippen LogP contribution in [0.15, 0.2) is 42.5 Å². The normalized spacial score (nSPS) is 29.1. The number of rotatable bonds is 8. The number of allylic oxidation sites excluding steroid dienone is 3. The molecule has 1 amide bonds. The number of nitrogens with zero attached hydrogens (tertiary/aromatic N) is 3. The lowest BCUT2D eigenvalue weighted by atomic mass is 9.76. The second-order valence-electron chi connectivity index (χ2n) is 12.1. The average Bonchev–Trinajstić information content (AvgIpc) is 3.26. The number of aliphatic hydroxyl groups is 1. The Morgan fingerprint density at radius 1 is 1.22 bits per heavy atom. The third-order valence-electron chi connectivity index (χ3n) is 8.26. The lowest BCUT2D eigenvalue weighted by Crippen LogP contribution is -2.56. The third kappa shape index (κ3) is 6.62. The number of benzene rings is 1. The van der Waals surface area contributed by atoms with E-state index in [4.69, 9.17) is 9.47 Å². The minimum Gasteiger partial charge on any atom is -0.493 e. The summed E-state index contributed by atoms with van der Waals surface area (Å²) in [7, 11) is 1.18. The Morgan fingerprint density at radius 2 is 1.88 bits per heavy atom. The molecule has 1 N–H and O–H groups in total. The van der Waals surface area contributed by atoms with Crippen LogP contribution >= 0.6 is 0 Å². The van der Waals surface area contributed by atoms with E-state index in [0.29, 0.717) is 30.4 Å². The van der Waals surface area contributed by atoms with Crippen LogP contribution in [-0.4, -0.2) is 89.7 Å². The van der Waals surface area contributed by atoms with Crippen LogP contribution < -0.4 is 4.74 Å². The molecular formula is C31H39F2N3O5. The molecule has 8 nitrogen and oxygen atoms in total. The molecule has 2 fully saturated rings. The number of ether oxygens (including phenoxy) is 2. The zero-order chi connectivity index (χ0) is 30.0. The van der Waals surface area contributed by atoms with Gasteiger partial charge in [0, 0.05) is 19.5 Å². The Hall–Kier alpha value is -3.29. The number of carbonyl (C=O) groups excluding carboxylic acids is 2. The number of likely N-dealkylation sites (tertiary alicyclic amines) is 2. The van der Waals surface area contributed by atoms with Gasteiger partial charge in [-0.1, -0.05) is 24.3 Å². The smallest absolute Gasteiger partial charge is 0.331 e. The van der Waals surface area contributed by atoms with E-state index in [1.165, 1.54) is 20.1 Å². The van der Waals surface area contributed by atoms with Crippen molar-refractivity contribution in [1.29, 1.82) is 5.26 Å². The summed E-state index contributed by atoms with van der Waals surface area (Å²) in [6, 6.07) is 8.53. The van der Waals surface area contributed by atoms with Crippen molar-refractivity contribution in [2.45, 2.75) is 63.0 Å². The number of alkyl halides is 2. The van der Waals surface area contributed by atoms with Crippen molar-refractivity contribution in [1.82, 2.24) is 9.80 Å². The summed E-state index contributed by atoms with van der Waals surface area (Å²) in [5.74, 6) is -2.10. The minimum absolute atomic E-state index is 0.0578. The van der Waals surface area contributed by atoms with Gasteiger partial charge in [-0.2, -0.15) is 5.26 Å². The molecule has 1 aromatic rings. The Kier molecular flexibility index (Phi) is 8.90. The largest absolute Gasteiger partial charge is 0.493 e. The lowest BCUT2D eigenvalue weighted by molar-refractivity contribution is -0.159. The van der Waals surface area contributed by atoms with E-state index in [-0.39, 0.29) is 18.5 Å². The van der Waals surface area contributed by atoms with Gasteiger partial charge >= 0.3 is 5.97 Å². The van der Waals surface area contributed by atoms with Crippen LogP contribution in [0.25, 0.3) is 5.57 Å². The Balaban J connectivity index is 1.47. The third-order valence-corrected chi connectivity index (χ3v) is 8.26. The fraction of sp³-hybridized carbons (Fsp3) is 0.581. The fourth-order valence-electron chi connectivity index (χ4n) is 6.14. The van der Waals surface area contributed by atoms with Crippen LogP contribution in [0, 0.1) is 23.2 Å². The SMILES string of the molecule is COC(=O)C1(C)CC(O)CN1C(=O)C1C(c2ccc(OCC3CCN(CC(C)(C)F)CC3)cc2)=CC=CC1(F)C#N. The van der Waals surface area contributed by atoms with Crippen LogP contribution in [0.1, 0.15) is 45.6 Å². The molecule has 4 atom stereocenters. The Bertz CT molecular complexity index is 1230. The first-order chi connectivity index (χ1) is 19.3. The molecule has 0 saturated carbocycles. The zero-order valence-corrected chi connectivity index (χ0v) is 24.1. The maximum absolute atomic E-state index is 16.0. The van der Waals surface area contributed by atoms with Crippen molar-refractivity contribution in [2.75, 3.05) is 39.9 Å². The Morgan fingerprint density at radius 3 is 2.46 bits per heavy atom. The highest BCUT2D eigenvalue weighted by molar-refractivity contribution is 5.98. The maximum atomic E-state index is 16.0. The van der Waals surface area contributed by atoms with Gasteiger partial charge in [-0.25, -0.2) is 13.6 Å². The fourth-order valence-corrected chi connectivity index (χ4v) is 6.14. The van der Waals surface area contributed by atoms with Crippen molar-refractivity contribution in [2.24, 2.45) is 11.8 Å². The predicted molar refractivity (Wildman–Crippen MR) is 149 cm³/mol. The van der Waals surface area contributed by atoms with Gasteiger partial charge in [0.1, 0.15) is 28.9 Å². The molecule has 222 valence electrons. The van der Waals surface area contributed by atoms with Crippen molar-refractivity contribution in [3.63, 3.8) is 0 Å². The summed E-state index contributed by atoms with van der Waals surface area (Å²) in [6.45, 7) is 7.05. The number of piperidine rings is 1. The number of carbonyl (C=O) groups is 2. The van der Waals surface area contributed by atoms with Crippen LogP contribution in [0.2, 0.25) is 0 Å². The highest BCUT2D eigenvalue weighted by atomic mass is 19.1. The monoisotopic (exact) mass is 571 g/mol. The second kappa shape index (κ2) is 11.9. The summed E-state index contributed by atoms with van der Waals surface area (Å²) >= 11 is 0. The van der Waals surface area contributed by atoms with Gasteiger partial charge in [-0.3, -0.25) is 4.79 Å². The Labute approximate surface area is 240 Å². The van der Waals surface area contributed by atoms with Crippen LogP contribution in [0.5, 0.6) is 5.75 Å². The molecular weight excluding hydrogens is 532 g/mol. The lowest BCUT2D eigenvalue weighted by Gasteiger charge is -2.38.